The van der Waals surface area contributed by atoms with Gasteiger partial charge < -0.3 is 9.80 Å². The Labute approximate surface area is 151 Å². The predicted molar refractivity (Wildman–Crippen MR) is 97.1 cm³/mol. The Hall–Kier alpha value is -2.97. The largest absolute Gasteiger partial charge is 0.350 e. The highest BCUT2D eigenvalue weighted by Gasteiger charge is 2.26. The molecular weight excluding hydrogens is 332 g/mol. The summed E-state index contributed by atoms with van der Waals surface area (Å²) >= 11 is 0. The lowest BCUT2D eigenvalue weighted by atomic mass is 10.1. The highest BCUT2D eigenvalue weighted by atomic mass is 16.2. The maximum atomic E-state index is 12.4. The van der Waals surface area contributed by atoms with Crippen LogP contribution in [0.1, 0.15) is 34.0 Å². The molecule has 26 heavy (non-hydrogen) atoms. The summed E-state index contributed by atoms with van der Waals surface area (Å²) in [7, 11) is 3.50. The topological polar surface area (TPSA) is 95.8 Å². The van der Waals surface area contributed by atoms with Gasteiger partial charge in [0.05, 0.1) is 23.8 Å². The van der Waals surface area contributed by atoms with Crippen molar-refractivity contribution in [3.8, 4) is 0 Å². The first-order valence-corrected chi connectivity index (χ1v) is 8.66. The van der Waals surface area contributed by atoms with E-state index in [0.717, 1.165) is 47.6 Å². The fourth-order valence-corrected chi connectivity index (χ4v) is 3.41. The molecule has 1 aliphatic rings. The van der Waals surface area contributed by atoms with Crippen LogP contribution in [-0.4, -0.2) is 61.4 Å². The number of nitrogens with zero attached hydrogens (tertiary/aromatic N) is 7. The molecular formula is C17H22N8O. The quantitative estimate of drug-likeness (QED) is 0.745. The number of hydrogen-bond donors (Lipinski definition) is 1. The minimum absolute atomic E-state index is 0.0651. The number of fused-ring (bicyclic) bond motifs is 2. The molecule has 3 aromatic heterocycles. The van der Waals surface area contributed by atoms with Gasteiger partial charge in [-0.05, 0) is 20.3 Å². The molecule has 4 heterocycles. The number of aromatic nitrogens is 6. The van der Waals surface area contributed by atoms with Crippen molar-refractivity contribution in [3.05, 3.63) is 29.0 Å². The number of anilines is 1. The van der Waals surface area contributed by atoms with Crippen molar-refractivity contribution < 1.29 is 4.79 Å². The second-order valence-corrected chi connectivity index (χ2v) is 6.84. The lowest BCUT2D eigenvalue weighted by molar-refractivity contribution is 0.0820. The number of rotatable bonds is 2. The number of aryl methyl sites for hydroxylation is 2. The standard InChI is InChI=1S/C17H22N8O/c1-10-13-9-24(16-12-8-18-21-15(12)19-11(2)20-16)6-5-7-25(13)22-14(10)17(26)23(3)4/h8H,5-7,9H2,1-4H3,(H,18,19,20,21). The Balaban J connectivity index is 1.76. The third-order valence-corrected chi connectivity index (χ3v) is 4.77. The van der Waals surface area contributed by atoms with E-state index in [0.29, 0.717) is 18.1 Å². The van der Waals surface area contributed by atoms with Crippen molar-refractivity contribution in [2.45, 2.75) is 33.4 Å². The van der Waals surface area contributed by atoms with Gasteiger partial charge in [-0.2, -0.15) is 10.2 Å². The average molecular weight is 354 g/mol. The van der Waals surface area contributed by atoms with Crippen molar-refractivity contribution in [3.63, 3.8) is 0 Å². The summed E-state index contributed by atoms with van der Waals surface area (Å²) < 4.78 is 1.96. The van der Waals surface area contributed by atoms with Gasteiger partial charge in [0, 0.05) is 32.7 Å². The van der Waals surface area contributed by atoms with Gasteiger partial charge >= 0.3 is 0 Å². The Bertz CT molecular complexity index is 986. The van der Waals surface area contributed by atoms with Crippen LogP contribution in [0.2, 0.25) is 0 Å². The molecule has 0 spiro atoms. The Morgan fingerprint density at radius 1 is 1.23 bits per heavy atom. The number of carbonyl (C=O) groups excluding carboxylic acids is 1. The van der Waals surface area contributed by atoms with E-state index in [1.165, 1.54) is 0 Å². The minimum atomic E-state index is -0.0651. The smallest absolute Gasteiger partial charge is 0.274 e. The van der Waals surface area contributed by atoms with Gasteiger partial charge in [0.25, 0.3) is 5.91 Å². The van der Waals surface area contributed by atoms with Crippen LogP contribution < -0.4 is 4.90 Å². The molecule has 136 valence electrons. The van der Waals surface area contributed by atoms with E-state index < -0.39 is 0 Å². The monoisotopic (exact) mass is 354 g/mol. The molecule has 1 amide bonds. The molecule has 0 unspecified atom stereocenters. The van der Waals surface area contributed by atoms with E-state index >= 15 is 0 Å². The first-order valence-electron chi connectivity index (χ1n) is 8.66. The molecule has 1 aliphatic heterocycles. The SMILES string of the molecule is Cc1nc(N2CCCn3nc(C(=O)N(C)C)c(C)c3C2)c2cn[nH]c2n1. The lowest BCUT2D eigenvalue weighted by Crippen LogP contribution is -2.25. The van der Waals surface area contributed by atoms with Gasteiger partial charge in [-0.1, -0.05) is 0 Å². The molecule has 0 atom stereocenters. The number of amides is 1. The van der Waals surface area contributed by atoms with Crippen LogP contribution in [0.4, 0.5) is 5.82 Å². The van der Waals surface area contributed by atoms with Crippen molar-refractivity contribution in [2.75, 3.05) is 25.5 Å². The highest BCUT2D eigenvalue weighted by Crippen LogP contribution is 2.27. The molecule has 0 aromatic carbocycles. The number of H-pyrrole nitrogens is 1. The fraction of sp³-hybridized carbons (Fsp3) is 0.471. The van der Waals surface area contributed by atoms with Crippen molar-refractivity contribution >= 4 is 22.8 Å². The van der Waals surface area contributed by atoms with Crippen LogP contribution in [0.5, 0.6) is 0 Å². The van der Waals surface area contributed by atoms with Gasteiger partial charge in [0.15, 0.2) is 11.3 Å². The van der Waals surface area contributed by atoms with Gasteiger partial charge in [0.1, 0.15) is 11.6 Å². The predicted octanol–water partition coefficient (Wildman–Crippen LogP) is 1.28. The molecule has 1 N–H and O–H groups in total. The van der Waals surface area contributed by atoms with Crippen LogP contribution in [0.15, 0.2) is 6.20 Å². The summed E-state index contributed by atoms with van der Waals surface area (Å²) in [6, 6.07) is 0. The van der Waals surface area contributed by atoms with Crippen LogP contribution in [-0.2, 0) is 13.1 Å². The molecule has 4 rings (SSSR count). The van der Waals surface area contributed by atoms with Crippen molar-refractivity contribution in [1.29, 1.82) is 0 Å². The first-order chi connectivity index (χ1) is 12.5. The Morgan fingerprint density at radius 3 is 2.81 bits per heavy atom. The van der Waals surface area contributed by atoms with Crippen LogP contribution >= 0.6 is 0 Å². The van der Waals surface area contributed by atoms with E-state index in [1.54, 1.807) is 25.2 Å². The summed E-state index contributed by atoms with van der Waals surface area (Å²) in [4.78, 5) is 25.3. The maximum Gasteiger partial charge on any atom is 0.274 e. The summed E-state index contributed by atoms with van der Waals surface area (Å²) in [5.41, 5.74) is 3.26. The van der Waals surface area contributed by atoms with E-state index in [1.807, 2.05) is 18.5 Å². The third-order valence-electron chi connectivity index (χ3n) is 4.77. The molecule has 0 aliphatic carbocycles. The fourth-order valence-electron chi connectivity index (χ4n) is 3.41. The first kappa shape index (κ1) is 16.5. The van der Waals surface area contributed by atoms with E-state index in [-0.39, 0.29) is 5.91 Å². The van der Waals surface area contributed by atoms with Gasteiger partial charge in [0.2, 0.25) is 0 Å². The number of carbonyl (C=O) groups is 1. The minimum Gasteiger partial charge on any atom is -0.350 e. The summed E-state index contributed by atoms with van der Waals surface area (Å²) in [6.07, 6.45) is 2.69. The van der Waals surface area contributed by atoms with Crippen LogP contribution in [0, 0.1) is 13.8 Å². The van der Waals surface area contributed by atoms with E-state index in [9.17, 15) is 4.79 Å². The third kappa shape index (κ3) is 2.59. The highest BCUT2D eigenvalue weighted by molar-refractivity contribution is 5.93. The van der Waals surface area contributed by atoms with Crippen molar-refractivity contribution in [1.82, 2.24) is 34.8 Å². The molecule has 0 saturated carbocycles. The lowest BCUT2D eigenvalue weighted by Gasteiger charge is -2.22. The maximum absolute atomic E-state index is 12.4. The molecule has 9 nitrogen and oxygen atoms in total. The summed E-state index contributed by atoms with van der Waals surface area (Å²) in [5, 5.41) is 12.5. The molecule has 0 fully saturated rings. The average Bonchev–Trinajstić information content (AvgIpc) is 3.11. The molecule has 0 radical (unpaired) electrons. The number of nitrogens with one attached hydrogen (secondary N) is 1. The van der Waals surface area contributed by atoms with Crippen LogP contribution in [0.25, 0.3) is 11.0 Å². The zero-order valence-electron chi connectivity index (χ0n) is 15.4. The second kappa shape index (κ2) is 6.08. The summed E-state index contributed by atoms with van der Waals surface area (Å²) in [5.74, 6) is 1.51. The molecule has 0 saturated heterocycles. The van der Waals surface area contributed by atoms with Gasteiger partial charge in [-0.3, -0.25) is 14.6 Å². The van der Waals surface area contributed by atoms with Gasteiger partial charge in [-0.25, -0.2) is 9.97 Å². The van der Waals surface area contributed by atoms with Crippen molar-refractivity contribution in [2.24, 2.45) is 0 Å². The zero-order valence-corrected chi connectivity index (χ0v) is 15.4. The normalized spacial score (nSPS) is 14.4. The van der Waals surface area contributed by atoms with Crippen LogP contribution in [0.3, 0.4) is 0 Å². The molecule has 9 heteroatoms. The Morgan fingerprint density at radius 2 is 2.04 bits per heavy atom. The van der Waals surface area contributed by atoms with E-state index in [2.05, 4.69) is 30.2 Å². The van der Waals surface area contributed by atoms with E-state index in [4.69, 9.17) is 0 Å². The number of aromatic amines is 1. The van der Waals surface area contributed by atoms with Gasteiger partial charge in [-0.15, -0.1) is 0 Å². The Kier molecular flexibility index (Phi) is 3.86. The number of hydrogen-bond acceptors (Lipinski definition) is 6. The summed E-state index contributed by atoms with van der Waals surface area (Å²) in [6.45, 7) is 6.14. The molecule has 0 bridgehead atoms. The molecule has 3 aromatic rings. The zero-order chi connectivity index (χ0) is 18.4. The second-order valence-electron chi connectivity index (χ2n) is 6.84.